The number of nitrogens with one attached hydrogen (secondary N) is 1. The van der Waals surface area contributed by atoms with Crippen LogP contribution < -0.4 is 5.32 Å². The molecule has 2 amide bonds. The molecule has 0 saturated carbocycles. The predicted molar refractivity (Wildman–Crippen MR) is 73.0 cm³/mol. The number of aliphatic carboxylic acids is 1. The van der Waals surface area contributed by atoms with Gasteiger partial charge in [-0.15, -0.1) is 0 Å². The number of rotatable bonds is 3. The summed E-state index contributed by atoms with van der Waals surface area (Å²) >= 11 is 0. The molecule has 2 N–H and O–H groups in total. The number of aromatic nitrogens is 1. The third kappa shape index (κ3) is 3.26. The minimum absolute atomic E-state index is 0.0261. The van der Waals surface area contributed by atoms with E-state index < -0.39 is 12.0 Å². The van der Waals surface area contributed by atoms with Crippen LogP contribution >= 0.6 is 0 Å². The van der Waals surface area contributed by atoms with E-state index >= 15 is 0 Å². The number of likely N-dealkylation sites (tertiary alicyclic amines) is 1. The Morgan fingerprint density at radius 3 is 2.95 bits per heavy atom. The summed E-state index contributed by atoms with van der Waals surface area (Å²) in [6, 6.07) is 4.38. The lowest BCUT2D eigenvalue weighted by atomic mass is 9.91. The Morgan fingerprint density at radius 2 is 2.30 bits per heavy atom. The van der Waals surface area contributed by atoms with Crippen molar-refractivity contribution in [1.29, 1.82) is 0 Å². The molecule has 0 radical (unpaired) electrons. The van der Waals surface area contributed by atoms with Crippen molar-refractivity contribution < 1.29 is 14.7 Å². The van der Waals surface area contributed by atoms with Crippen molar-refractivity contribution in [3.05, 3.63) is 30.1 Å². The maximum absolute atomic E-state index is 12.2. The number of piperidine rings is 1. The molecule has 1 aliphatic rings. The third-order valence-electron chi connectivity index (χ3n) is 3.59. The zero-order valence-corrected chi connectivity index (χ0v) is 11.5. The molecule has 0 spiro atoms. The van der Waals surface area contributed by atoms with Crippen molar-refractivity contribution in [3.63, 3.8) is 0 Å². The maximum Gasteiger partial charge on any atom is 0.326 e. The van der Waals surface area contributed by atoms with Crippen molar-refractivity contribution in [3.8, 4) is 0 Å². The van der Waals surface area contributed by atoms with Gasteiger partial charge in [-0.25, -0.2) is 9.59 Å². The Labute approximate surface area is 117 Å². The zero-order valence-electron chi connectivity index (χ0n) is 11.5. The lowest BCUT2D eigenvalue weighted by molar-refractivity contribution is -0.145. The van der Waals surface area contributed by atoms with Gasteiger partial charge in [0.1, 0.15) is 6.04 Å². The molecule has 2 unspecified atom stereocenters. The first-order valence-corrected chi connectivity index (χ1v) is 6.77. The van der Waals surface area contributed by atoms with Gasteiger partial charge in [0.25, 0.3) is 0 Å². The summed E-state index contributed by atoms with van der Waals surface area (Å²) in [7, 11) is 0. The second-order valence-corrected chi connectivity index (χ2v) is 5.08. The van der Waals surface area contributed by atoms with Crippen LogP contribution in [0.5, 0.6) is 0 Å². The highest BCUT2D eigenvalue weighted by molar-refractivity contribution is 5.83. The molecule has 2 heterocycles. The zero-order chi connectivity index (χ0) is 14.5. The molecule has 6 nitrogen and oxygen atoms in total. The summed E-state index contributed by atoms with van der Waals surface area (Å²) in [5.74, 6) is -0.966. The van der Waals surface area contributed by atoms with E-state index in [1.54, 1.807) is 12.3 Å². The van der Waals surface area contributed by atoms with E-state index in [4.69, 9.17) is 0 Å². The normalized spacial score (nSPS) is 22.4. The van der Waals surface area contributed by atoms with Gasteiger partial charge >= 0.3 is 12.0 Å². The Hall–Kier alpha value is -2.11. The van der Waals surface area contributed by atoms with Gasteiger partial charge in [0.15, 0.2) is 0 Å². The van der Waals surface area contributed by atoms with Crippen molar-refractivity contribution in [2.45, 2.75) is 32.4 Å². The summed E-state index contributed by atoms with van der Waals surface area (Å²) in [6.07, 6.45) is 3.33. The average molecular weight is 277 g/mol. The quantitative estimate of drug-likeness (QED) is 0.876. The molecule has 1 aliphatic heterocycles. The molecular formula is C14H19N3O3. The molecule has 1 saturated heterocycles. The molecule has 0 bridgehead atoms. The molecule has 6 heteroatoms. The molecule has 1 aromatic rings. The molecule has 2 rings (SSSR count). The first kappa shape index (κ1) is 14.3. The van der Waals surface area contributed by atoms with Crippen molar-refractivity contribution in [1.82, 2.24) is 15.2 Å². The molecule has 20 heavy (non-hydrogen) atoms. The van der Waals surface area contributed by atoms with Crippen LogP contribution in [0.3, 0.4) is 0 Å². The number of carboxylic acids is 1. The van der Waals surface area contributed by atoms with Crippen LogP contribution in [0.2, 0.25) is 0 Å². The number of amides is 2. The lowest BCUT2D eigenvalue weighted by Gasteiger charge is -2.37. The first-order valence-electron chi connectivity index (χ1n) is 6.77. The number of hydrogen-bond acceptors (Lipinski definition) is 3. The smallest absolute Gasteiger partial charge is 0.326 e. The van der Waals surface area contributed by atoms with Crippen LogP contribution in [-0.4, -0.2) is 39.6 Å². The minimum atomic E-state index is -0.940. The number of urea groups is 1. The Morgan fingerprint density at radius 1 is 1.50 bits per heavy atom. The van der Waals surface area contributed by atoms with E-state index in [0.29, 0.717) is 13.1 Å². The summed E-state index contributed by atoms with van der Waals surface area (Å²) in [5.41, 5.74) is 0.748. The van der Waals surface area contributed by atoms with E-state index in [-0.39, 0.29) is 11.9 Å². The highest BCUT2D eigenvalue weighted by atomic mass is 16.4. The van der Waals surface area contributed by atoms with E-state index in [2.05, 4.69) is 10.3 Å². The van der Waals surface area contributed by atoms with Gasteiger partial charge in [-0.1, -0.05) is 13.0 Å². The van der Waals surface area contributed by atoms with E-state index in [0.717, 1.165) is 18.5 Å². The molecule has 0 aromatic carbocycles. The van der Waals surface area contributed by atoms with Gasteiger partial charge in [0.2, 0.25) is 0 Å². The first-order chi connectivity index (χ1) is 9.59. The fraction of sp³-hybridized carbons (Fsp3) is 0.500. The third-order valence-corrected chi connectivity index (χ3v) is 3.59. The molecule has 1 aromatic heterocycles. The molecular weight excluding hydrogens is 258 g/mol. The minimum Gasteiger partial charge on any atom is -0.480 e. The molecule has 2 atom stereocenters. The highest BCUT2D eigenvalue weighted by Crippen LogP contribution is 2.23. The summed E-state index contributed by atoms with van der Waals surface area (Å²) in [6.45, 7) is 2.66. The fourth-order valence-corrected chi connectivity index (χ4v) is 2.56. The number of nitrogens with zero attached hydrogens (tertiary/aromatic N) is 2. The number of carbonyl (C=O) groups excluding carboxylic acids is 1. The van der Waals surface area contributed by atoms with Crippen LogP contribution in [0.4, 0.5) is 4.79 Å². The largest absolute Gasteiger partial charge is 0.480 e. The van der Waals surface area contributed by atoms with Gasteiger partial charge in [0.05, 0.1) is 12.2 Å². The second-order valence-electron chi connectivity index (χ2n) is 5.08. The molecule has 0 aliphatic carbocycles. The SMILES string of the molecule is CC1CCCN(C(=O)NCc2ccccn2)C1C(=O)O. The van der Waals surface area contributed by atoms with E-state index in [9.17, 15) is 14.7 Å². The van der Waals surface area contributed by atoms with Gasteiger partial charge < -0.3 is 15.3 Å². The van der Waals surface area contributed by atoms with Crippen molar-refractivity contribution in [2.24, 2.45) is 5.92 Å². The maximum atomic E-state index is 12.2. The van der Waals surface area contributed by atoms with Crippen molar-refractivity contribution in [2.75, 3.05) is 6.54 Å². The summed E-state index contributed by atoms with van der Waals surface area (Å²) in [4.78, 5) is 29.0. The van der Waals surface area contributed by atoms with Crippen LogP contribution in [0.1, 0.15) is 25.5 Å². The highest BCUT2D eigenvalue weighted by Gasteiger charge is 2.36. The van der Waals surface area contributed by atoms with Gasteiger partial charge in [-0.3, -0.25) is 4.98 Å². The number of carbonyl (C=O) groups is 2. The van der Waals surface area contributed by atoms with Crippen LogP contribution in [0, 0.1) is 5.92 Å². The van der Waals surface area contributed by atoms with Gasteiger partial charge in [-0.05, 0) is 30.9 Å². The summed E-state index contributed by atoms with van der Waals surface area (Å²) in [5, 5.41) is 12.0. The Balaban J connectivity index is 1.98. The second kappa shape index (κ2) is 6.36. The monoisotopic (exact) mass is 277 g/mol. The number of pyridine rings is 1. The topological polar surface area (TPSA) is 82.5 Å². The van der Waals surface area contributed by atoms with Crippen LogP contribution in [0.25, 0.3) is 0 Å². The Kier molecular flexibility index (Phi) is 4.55. The summed E-state index contributed by atoms with van der Waals surface area (Å²) < 4.78 is 0. The number of carboxylic acid groups (broad SMARTS) is 1. The Bertz CT molecular complexity index is 478. The van der Waals surface area contributed by atoms with Crippen molar-refractivity contribution >= 4 is 12.0 Å². The lowest BCUT2D eigenvalue weighted by Crippen LogP contribution is -2.54. The van der Waals surface area contributed by atoms with Crippen LogP contribution in [0.15, 0.2) is 24.4 Å². The standard InChI is InChI=1S/C14H19N3O3/c1-10-5-4-8-17(12(10)13(18)19)14(20)16-9-11-6-2-3-7-15-11/h2-3,6-7,10,12H,4-5,8-9H2,1H3,(H,16,20)(H,18,19). The predicted octanol–water partition coefficient (Wildman–Crippen LogP) is 1.48. The molecule has 1 fully saturated rings. The fourth-order valence-electron chi connectivity index (χ4n) is 2.56. The average Bonchev–Trinajstić information content (AvgIpc) is 2.45. The molecule has 108 valence electrons. The van der Waals surface area contributed by atoms with E-state index in [1.165, 1.54) is 4.90 Å². The van der Waals surface area contributed by atoms with Gasteiger partial charge in [0, 0.05) is 12.7 Å². The van der Waals surface area contributed by atoms with Gasteiger partial charge in [-0.2, -0.15) is 0 Å². The number of hydrogen-bond donors (Lipinski definition) is 2. The van der Waals surface area contributed by atoms with E-state index in [1.807, 2.05) is 19.1 Å². The van der Waals surface area contributed by atoms with Crippen LogP contribution in [-0.2, 0) is 11.3 Å².